The van der Waals surface area contributed by atoms with E-state index in [1.54, 1.807) is 24.4 Å². The van der Waals surface area contributed by atoms with Crippen molar-refractivity contribution in [2.75, 3.05) is 5.32 Å². The first kappa shape index (κ1) is 14.9. The van der Waals surface area contributed by atoms with E-state index in [1.165, 1.54) is 0 Å². The van der Waals surface area contributed by atoms with Crippen molar-refractivity contribution in [1.82, 2.24) is 5.32 Å². The van der Waals surface area contributed by atoms with Crippen LogP contribution in [-0.2, 0) is 0 Å². The molecule has 0 atom stereocenters. The Balaban J connectivity index is 1.85. The average molecular weight is 399 g/mol. The minimum Gasteiger partial charge on any atom is -0.314 e. The van der Waals surface area contributed by atoms with Gasteiger partial charge >= 0.3 is 6.03 Å². The summed E-state index contributed by atoms with van der Waals surface area (Å²) in [5.41, 5.74) is 1.71. The van der Waals surface area contributed by atoms with E-state index < -0.39 is 0 Å². The quantitative estimate of drug-likeness (QED) is 0.721. The van der Waals surface area contributed by atoms with Gasteiger partial charge in [0.05, 0.1) is 0 Å². The van der Waals surface area contributed by atoms with Crippen LogP contribution in [-0.4, -0.2) is 6.03 Å². The van der Waals surface area contributed by atoms with Crippen molar-refractivity contribution in [3.63, 3.8) is 0 Å². The molecule has 2 rings (SSSR count). The summed E-state index contributed by atoms with van der Waals surface area (Å²) in [5, 5.41) is 6.07. The number of carbonyl (C=O) groups is 1. The molecular weight excluding hydrogens is 387 g/mol. The minimum absolute atomic E-state index is 0.281. The molecule has 2 aromatic rings. The van der Waals surface area contributed by atoms with Crippen LogP contribution >= 0.6 is 34.2 Å². The van der Waals surface area contributed by atoms with E-state index in [9.17, 15) is 4.79 Å². The SMILES string of the molecule is O=C(N/C=C/c1ccc(Cl)cc1)Nc1ccc(I)cc1. The highest BCUT2D eigenvalue weighted by atomic mass is 127. The third kappa shape index (κ3) is 4.86. The van der Waals surface area contributed by atoms with Gasteiger partial charge in [-0.1, -0.05) is 23.7 Å². The fraction of sp³-hybridized carbons (Fsp3) is 0. The Bertz CT molecular complexity index is 609. The molecule has 0 aliphatic carbocycles. The van der Waals surface area contributed by atoms with Crippen LogP contribution in [0.4, 0.5) is 10.5 Å². The second-order valence-corrected chi connectivity index (χ2v) is 5.67. The Kier molecular flexibility index (Phi) is 5.43. The maximum Gasteiger partial charge on any atom is 0.323 e. The van der Waals surface area contributed by atoms with E-state index in [0.29, 0.717) is 5.02 Å². The first-order valence-corrected chi connectivity index (χ1v) is 7.34. The summed E-state index contributed by atoms with van der Waals surface area (Å²) in [7, 11) is 0. The minimum atomic E-state index is -0.281. The van der Waals surface area contributed by atoms with Gasteiger partial charge in [0.25, 0.3) is 0 Å². The second-order valence-electron chi connectivity index (χ2n) is 3.99. The maximum absolute atomic E-state index is 11.6. The summed E-state index contributed by atoms with van der Waals surface area (Å²) in [6.45, 7) is 0. The fourth-order valence-electron chi connectivity index (χ4n) is 1.49. The third-order valence-corrected chi connectivity index (χ3v) is 3.43. The van der Waals surface area contributed by atoms with Gasteiger partial charge in [-0.15, -0.1) is 0 Å². The number of carbonyl (C=O) groups excluding carboxylic acids is 1. The van der Waals surface area contributed by atoms with Crippen LogP contribution in [0.3, 0.4) is 0 Å². The highest BCUT2D eigenvalue weighted by molar-refractivity contribution is 14.1. The monoisotopic (exact) mass is 398 g/mol. The van der Waals surface area contributed by atoms with Crippen LogP contribution in [0, 0.1) is 3.57 Å². The number of nitrogens with one attached hydrogen (secondary N) is 2. The molecule has 0 aliphatic heterocycles. The van der Waals surface area contributed by atoms with Crippen LogP contribution in [0.2, 0.25) is 5.02 Å². The lowest BCUT2D eigenvalue weighted by atomic mass is 10.2. The van der Waals surface area contributed by atoms with Crippen molar-refractivity contribution in [2.45, 2.75) is 0 Å². The van der Waals surface area contributed by atoms with Crippen molar-refractivity contribution in [3.05, 3.63) is 68.9 Å². The highest BCUT2D eigenvalue weighted by Gasteiger charge is 1.98. The van der Waals surface area contributed by atoms with Crippen molar-refractivity contribution < 1.29 is 4.79 Å². The Morgan fingerprint density at radius 1 is 1.05 bits per heavy atom. The van der Waals surface area contributed by atoms with E-state index >= 15 is 0 Å². The predicted molar refractivity (Wildman–Crippen MR) is 91.8 cm³/mol. The second kappa shape index (κ2) is 7.31. The number of anilines is 1. The van der Waals surface area contributed by atoms with E-state index in [2.05, 4.69) is 33.2 Å². The Labute approximate surface area is 136 Å². The van der Waals surface area contributed by atoms with Crippen LogP contribution in [0.25, 0.3) is 6.08 Å². The molecule has 3 nitrogen and oxygen atoms in total. The number of rotatable bonds is 3. The molecule has 2 aromatic carbocycles. The zero-order valence-corrected chi connectivity index (χ0v) is 13.4. The van der Waals surface area contributed by atoms with Crippen LogP contribution in [0.15, 0.2) is 54.7 Å². The number of hydrogen-bond donors (Lipinski definition) is 2. The zero-order valence-electron chi connectivity index (χ0n) is 10.4. The average Bonchev–Trinajstić information content (AvgIpc) is 2.44. The van der Waals surface area contributed by atoms with Crippen molar-refractivity contribution >= 4 is 52.0 Å². The molecule has 0 aliphatic rings. The summed E-state index contributed by atoms with van der Waals surface area (Å²) in [6, 6.07) is 14.6. The zero-order chi connectivity index (χ0) is 14.4. The molecule has 0 bridgehead atoms. The number of hydrogen-bond acceptors (Lipinski definition) is 1. The molecule has 2 amide bonds. The first-order valence-electron chi connectivity index (χ1n) is 5.89. The lowest BCUT2D eigenvalue weighted by molar-refractivity contribution is 0.255. The van der Waals surface area contributed by atoms with Gasteiger partial charge in [-0.05, 0) is 70.6 Å². The van der Waals surface area contributed by atoms with Crippen LogP contribution in [0.5, 0.6) is 0 Å². The van der Waals surface area contributed by atoms with Crippen molar-refractivity contribution in [1.29, 1.82) is 0 Å². The molecule has 0 saturated carbocycles. The molecule has 0 aromatic heterocycles. The van der Waals surface area contributed by atoms with Gasteiger partial charge in [-0.3, -0.25) is 0 Å². The van der Waals surface area contributed by atoms with Gasteiger partial charge in [-0.25, -0.2) is 4.79 Å². The maximum atomic E-state index is 11.6. The van der Waals surface area contributed by atoms with Crippen LogP contribution < -0.4 is 10.6 Å². The molecule has 20 heavy (non-hydrogen) atoms. The summed E-state index contributed by atoms with van der Waals surface area (Å²) in [6.07, 6.45) is 3.38. The standard InChI is InChI=1S/C15H12ClIN2O/c16-12-3-1-11(2-4-12)9-10-18-15(20)19-14-7-5-13(17)6-8-14/h1-10H,(H2,18,19,20)/b10-9+. The van der Waals surface area contributed by atoms with E-state index in [4.69, 9.17) is 11.6 Å². The van der Waals surface area contributed by atoms with Gasteiger partial charge in [0, 0.05) is 20.5 Å². The fourth-order valence-corrected chi connectivity index (χ4v) is 1.97. The van der Waals surface area contributed by atoms with Gasteiger partial charge in [0.15, 0.2) is 0 Å². The number of urea groups is 1. The summed E-state index contributed by atoms with van der Waals surface area (Å²) >= 11 is 8.01. The van der Waals surface area contributed by atoms with Gasteiger partial charge in [0.1, 0.15) is 0 Å². The van der Waals surface area contributed by atoms with Crippen molar-refractivity contribution in [3.8, 4) is 0 Å². The Morgan fingerprint density at radius 2 is 1.70 bits per heavy atom. The normalized spacial score (nSPS) is 10.5. The molecule has 2 N–H and O–H groups in total. The number of benzene rings is 2. The Morgan fingerprint density at radius 3 is 2.35 bits per heavy atom. The molecule has 0 saturated heterocycles. The molecule has 0 radical (unpaired) electrons. The van der Waals surface area contributed by atoms with E-state index in [-0.39, 0.29) is 6.03 Å². The lowest BCUT2D eigenvalue weighted by Crippen LogP contribution is -2.23. The molecule has 102 valence electrons. The third-order valence-electron chi connectivity index (χ3n) is 2.46. The van der Waals surface area contributed by atoms with Gasteiger partial charge in [0.2, 0.25) is 0 Å². The van der Waals surface area contributed by atoms with E-state index in [1.807, 2.05) is 36.4 Å². The predicted octanol–water partition coefficient (Wildman–Crippen LogP) is 4.74. The largest absolute Gasteiger partial charge is 0.323 e. The number of halogens is 2. The smallest absolute Gasteiger partial charge is 0.314 e. The summed E-state index contributed by atoms with van der Waals surface area (Å²) in [5.74, 6) is 0. The molecule has 0 spiro atoms. The highest BCUT2D eigenvalue weighted by Crippen LogP contribution is 2.11. The van der Waals surface area contributed by atoms with Gasteiger partial charge < -0.3 is 10.6 Å². The summed E-state index contributed by atoms with van der Waals surface area (Å²) in [4.78, 5) is 11.6. The topological polar surface area (TPSA) is 41.1 Å². The molecule has 5 heteroatoms. The molecule has 0 unspecified atom stereocenters. The Hall–Kier alpha value is -1.53. The van der Waals surface area contributed by atoms with Gasteiger partial charge in [-0.2, -0.15) is 0 Å². The molecular formula is C15H12ClIN2O. The lowest BCUT2D eigenvalue weighted by Gasteiger charge is -2.04. The van der Waals surface area contributed by atoms with Crippen LogP contribution in [0.1, 0.15) is 5.56 Å². The number of amides is 2. The van der Waals surface area contributed by atoms with Crippen molar-refractivity contribution in [2.24, 2.45) is 0 Å². The summed E-state index contributed by atoms with van der Waals surface area (Å²) < 4.78 is 1.12. The molecule has 0 fully saturated rings. The first-order chi connectivity index (χ1) is 9.63. The molecule has 0 heterocycles. The van der Waals surface area contributed by atoms with E-state index in [0.717, 1.165) is 14.8 Å².